The molecule has 16 nitrogen and oxygen atoms in total. The first-order chi connectivity index (χ1) is 32.8. The minimum atomic E-state index is -4.11. The lowest BCUT2D eigenvalue weighted by Gasteiger charge is -2.24. The predicted molar refractivity (Wildman–Crippen MR) is 239 cm³/mol. The molecule has 0 unspecified atom stereocenters. The summed E-state index contributed by atoms with van der Waals surface area (Å²) in [6.45, 7) is -1.23. The van der Waals surface area contributed by atoms with Crippen molar-refractivity contribution in [3.8, 4) is 22.8 Å². The van der Waals surface area contributed by atoms with E-state index in [0.717, 1.165) is 27.3 Å². The van der Waals surface area contributed by atoms with Gasteiger partial charge in [-0.1, -0.05) is 23.7 Å². The highest BCUT2D eigenvalue weighted by molar-refractivity contribution is 7.92. The van der Waals surface area contributed by atoms with Crippen molar-refractivity contribution in [2.24, 2.45) is 13.0 Å². The minimum Gasteiger partial charge on any atom is -0.497 e. The number of pyridine rings is 1. The molecule has 0 spiro atoms. The van der Waals surface area contributed by atoms with Crippen molar-refractivity contribution < 1.29 is 44.3 Å². The van der Waals surface area contributed by atoms with Crippen molar-refractivity contribution in [3.63, 3.8) is 0 Å². The van der Waals surface area contributed by atoms with E-state index in [0.29, 0.717) is 27.8 Å². The third kappa shape index (κ3) is 8.01. The Hall–Kier alpha value is -7.27. The van der Waals surface area contributed by atoms with Gasteiger partial charge in [-0.05, 0) is 78.1 Å². The van der Waals surface area contributed by atoms with Gasteiger partial charge < -0.3 is 10.1 Å². The fourth-order valence-corrected chi connectivity index (χ4v) is 10.2. The van der Waals surface area contributed by atoms with Crippen molar-refractivity contribution in [1.29, 1.82) is 0 Å². The standard InChI is InChI=1S/C45H36ClF6N11O5S/c1-60-38-33(11-9-29(46)36(38)43(59-60)62(69(3,66)67)19-21-4-6-25(68-2)7-5-21)63-42(56-41-26(44(63)65)8-10-30(55-41)31-12-13-53-57-31)32(16-22-14-23(47)17-24(48)15-22)54-34(64)20-61-39-35(37(58-61)40(49)50)27-18-28(27)45(39,51)52/h4-15,17,27-28,32,40H,16,18-20H2,1-3H3,(H,53,57)(H,54,64)/t27-,28+,32-/m0/s1. The topological polar surface area (TPSA) is 188 Å². The molecular formula is C45H36ClF6N11O5S. The molecule has 1 amide bonds. The number of aromatic nitrogens is 9. The van der Waals surface area contributed by atoms with E-state index >= 15 is 13.6 Å². The fraction of sp³-hybridized carbons (Fsp3) is 0.267. The van der Waals surface area contributed by atoms with E-state index in [1.54, 1.807) is 30.3 Å². The number of anilines is 1. The maximum atomic E-state index is 15.6. The molecule has 1 saturated carbocycles. The van der Waals surface area contributed by atoms with Gasteiger partial charge in [-0.15, -0.1) is 0 Å². The largest absolute Gasteiger partial charge is 0.497 e. The Morgan fingerprint density at radius 2 is 1.75 bits per heavy atom. The summed E-state index contributed by atoms with van der Waals surface area (Å²) in [5.74, 6) is -8.64. The molecule has 2 aliphatic rings. The molecule has 10 rings (SSSR count). The molecule has 3 aromatic carbocycles. The van der Waals surface area contributed by atoms with Gasteiger partial charge in [0.25, 0.3) is 17.9 Å². The molecule has 24 heteroatoms. The van der Waals surface area contributed by atoms with E-state index in [9.17, 15) is 30.8 Å². The van der Waals surface area contributed by atoms with Gasteiger partial charge in [0.05, 0.1) is 64.3 Å². The number of aryl methyl sites for hydroxylation is 1. The first kappa shape index (κ1) is 45.5. The van der Waals surface area contributed by atoms with Crippen LogP contribution in [0.1, 0.15) is 58.7 Å². The number of benzene rings is 3. The summed E-state index contributed by atoms with van der Waals surface area (Å²) in [7, 11) is -1.16. The molecule has 0 radical (unpaired) electrons. The lowest BCUT2D eigenvalue weighted by atomic mass is 10.0. The number of ether oxygens (including phenoxy) is 1. The van der Waals surface area contributed by atoms with Crippen LogP contribution in [0, 0.1) is 17.6 Å². The van der Waals surface area contributed by atoms with Crippen LogP contribution in [0.15, 0.2) is 83.8 Å². The van der Waals surface area contributed by atoms with Crippen LogP contribution in [-0.4, -0.2) is 72.0 Å². The van der Waals surface area contributed by atoms with Crippen LogP contribution in [0.5, 0.6) is 5.75 Å². The number of sulfonamides is 1. The minimum absolute atomic E-state index is 0.0129. The summed E-state index contributed by atoms with van der Waals surface area (Å²) in [6, 6.07) is 15.0. The highest BCUT2D eigenvalue weighted by Crippen LogP contribution is 2.68. The maximum absolute atomic E-state index is 15.6. The summed E-state index contributed by atoms with van der Waals surface area (Å²) in [6.07, 6.45) is -1.30. The van der Waals surface area contributed by atoms with Crippen molar-refractivity contribution in [2.75, 3.05) is 17.7 Å². The molecule has 3 atom stereocenters. The van der Waals surface area contributed by atoms with Crippen molar-refractivity contribution in [3.05, 3.63) is 140 Å². The van der Waals surface area contributed by atoms with Crippen molar-refractivity contribution in [1.82, 2.24) is 49.6 Å². The SMILES string of the molecule is COc1ccc(CN(c2nn(C)c3c(-n4c([C@H](Cc5cc(F)cc(F)c5)NC(=O)Cn5nc(C(F)F)c6c5C(F)(F)[C@@H]5C[C@H]65)nc5nc(-c6ccn[nH]6)ccc5c4=O)ccc(Cl)c23)S(C)(=O)=O)cc1. The van der Waals surface area contributed by atoms with E-state index < -0.39 is 87.7 Å². The lowest BCUT2D eigenvalue weighted by molar-refractivity contribution is -0.123. The fourth-order valence-electron chi connectivity index (χ4n) is 9.16. The van der Waals surface area contributed by atoms with Gasteiger partial charge in [0.1, 0.15) is 41.1 Å². The molecule has 8 aromatic rings. The second-order valence-electron chi connectivity index (χ2n) is 16.8. The van der Waals surface area contributed by atoms with Crippen molar-refractivity contribution >= 4 is 55.3 Å². The molecule has 5 heterocycles. The number of amides is 1. The first-order valence-electron chi connectivity index (χ1n) is 21.0. The number of H-pyrrole nitrogens is 1. The zero-order valence-corrected chi connectivity index (χ0v) is 37.8. The second-order valence-corrected chi connectivity index (χ2v) is 19.1. The highest BCUT2D eigenvalue weighted by atomic mass is 35.5. The number of aromatic amines is 1. The number of nitrogens with one attached hydrogen (secondary N) is 2. The number of hydrogen-bond acceptors (Lipinski definition) is 10. The molecule has 1 fully saturated rings. The zero-order valence-electron chi connectivity index (χ0n) is 36.3. The van der Waals surface area contributed by atoms with Crippen LogP contribution >= 0.6 is 11.6 Å². The zero-order chi connectivity index (χ0) is 48.8. The Labute approximate surface area is 391 Å². The summed E-state index contributed by atoms with van der Waals surface area (Å²) in [5, 5.41) is 17.8. The Morgan fingerprint density at radius 1 is 1.01 bits per heavy atom. The Balaban J connectivity index is 1.17. The molecule has 356 valence electrons. The number of carbonyl (C=O) groups is 1. The van der Waals surface area contributed by atoms with Crippen LogP contribution < -0.4 is 19.9 Å². The first-order valence-corrected chi connectivity index (χ1v) is 23.3. The molecule has 69 heavy (non-hydrogen) atoms. The number of methoxy groups -OCH3 is 1. The molecule has 0 saturated heterocycles. The predicted octanol–water partition coefficient (Wildman–Crippen LogP) is 7.41. The number of halogens is 7. The molecular weight excluding hydrogens is 956 g/mol. The van der Waals surface area contributed by atoms with Crippen LogP contribution in [0.3, 0.4) is 0 Å². The van der Waals surface area contributed by atoms with E-state index in [-0.39, 0.29) is 74.1 Å². The number of nitrogens with zero attached hydrogens (tertiary/aromatic N) is 9. The monoisotopic (exact) mass is 991 g/mol. The van der Waals surface area contributed by atoms with Gasteiger partial charge >= 0.3 is 0 Å². The summed E-state index contributed by atoms with van der Waals surface area (Å²) < 4.78 is 126. The second kappa shape index (κ2) is 16.8. The van der Waals surface area contributed by atoms with Gasteiger partial charge in [0, 0.05) is 37.2 Å². The number of rotatable bonds is 14. The molecule has 2 N–H and O–H groups in total. The third-order valence-corrected chi connectivity index (χ3v) is 13.7. The third-order valence-electron chi connectivity index (χ3n) is 12.3. The number of carbonyl (C=O) groups excluding carboxylic acids is 1. The van der Waals surface area contributed by atoms with Crippen LogP contribution in [0.4, 0.5) is 32.2 Å². The average molecular weight is 992 g/mol. The number of hydrogen-bond donors (Lipinski definition) is 2. The molecule has 0 bridgehead atoms. The van der Waals surface area contributed by atoms with E-state index in [1.165, 1.54) is 49.3 Å². The van der Waals surface area contributed by atoms with Gasteiger partial charge in [-0.2, -0.15) is 24.1 Å². The normalized spacial score (nSPS) is 16.5. The van der Waals surface area contributed by atoms with Crippen molar-refractivity contribution in [2.45, 2.75) is 50.2 Å². The van der Waals surface area contributed by atoms with E-state index in [1.807, 2.05) is 0 Å². The Bertz CT molecular complexity index is 3530. The molecule has 5 aromatic heterocycles. The van der Waals surface area contributed by atoms with Gasteiger partial charge in [-0.3, -0.25) is 28.6 Å². The average Bonchev–Trinajstić information content (AvgIpc) is 3.53. The van der Waals surface area contributed by atoms with E-state index in [2.05, 4.69) is 30.7 Å². The molecule has 2 aliphatic carbocycles. The lowest BCUT2D eigenvalue weighted by Crippen LogP contribution is -2.38. The Morgan fingerprint density at radius 3 is 2.42 bits per heavy atom. The van der Waals surface area contributed by atoms with Crippen LogP contribution in [-0.2, 0) is 47.3 Å². The van der Waals surface area contributed by atoms with Gasteiger partial charge in [0.15, 0.2) is 11.5 Å². The smallest absolute Gasteiger partial charge is 0.293 e. The van der Waals surface area contributed by atoms with E-state index in [4.69, 9.17) is 21.3 Å². The Kier molecular flexibility index (Phi) is 11.0. The number of alkyl halides is 4. The quantitative estimate of drug-likeness (QED) is 0.104. The number of fused-ring (bicyclic) bond motifs is 5. The summed E-state index contributed by atoms with van der Waals surface area (Å²) >= 11 is 6.90. The summed E-state index contributed by atoms with van der Waals surface area (Å²) in [4.78, 5) is 38.9. The molecule has 0 aliphatic heterocycles. The van der Waals surface area contributed by atoms with Crippen LogP contribution in [0.2, 0.25) is 5.02 Å². The highest BCUT2D eigenvalue weighted by Gasteiger charge is 2.67. The maximum Gasteiger partial charge on any atom is 0.293 e. The summed E-state index contributed by atoms with van der Waals surface area (Å²) in [5.41, 5.74) is -1.68. The van der Waals surface area contributed by atoms with Gasteiger partial charge in [0.2, 0.25) is 15.9 Å². The van der Waals surface area contributed by atoms with Crippen LogP contribution in [0.25, 0.3) is 39.0 Å². The van der Waals surface area contributed by atoms with Gasteiger partial charge in [-0.25, -0.2) is 40.3 Å².